The van der Waals surface area contributed by atoms with Gasteiger partial charge in [-0.3, -0.25) is 9.69 Å². The number of hydrogen-bond donors (Lipinski definition) is 1. The second-order valence-corrected chi connectivity index (χ2v) is 6.61. The molecule has 5 nitrogen and oxygen atoms in total. The molecule has 0 radical (unpaired) electrons. The molecule has 0 saturated carbocycles. The van der Waals surface area contributed by atoms with Gasteiger partial charge in [-0.05, 0) is 52.0 Å². The summed E-state index contributed by atoms with van der Waals surface area (Å²) >= 11 is 0. The van der Waals surface area contributed by atoms with Crippen molar-refractivity contribution >= 4 is 29.9 Å². The van der Waals surface area contributed by atoms with E-state index in [1.807, 2.05) is 14.0 Å². The molecule has 0 spiro atoms. The van der Waals surface area contributed by atoms with E-state index in [0.29, 0.717) is 12.5 Å². The van der Waals surface area contributed by atoms with E-state index in [2.05, 4.69) is 9.88 Å². The van der Waals surface area contributed by atoms with Crippen LogP contribution in [0.1, 0.15) is 62.3 Å². The summed E-state index contributed by atoms with van der Waals surface area (Å²) in [6.45, 7) is 4.73. The van der Waals surface area contributed by atoms with Crippen LogP contribution >= 0.6 is 24.0 Å². The third-order valence-corrected chi connectivity index (χ3v) is 5.17. The Labute approximate surface area is 156 Å². The lowest BCUT2D eigenvalue weighted by atomic mass is 10.0. The van der Waals surface area contributed by atoms with Crippen LogP contribution in [0.2, 0.25) is 0 Å². The van der Waals surface area contributed by atoms with Gasteiger partial charge in [0.05, 0.1) is 11.7 Å². The van der Waals surface area contributed by atoms with Crippen molar-refractivity contribution in [2.24, 2.45) is 0 Å². The Bertz CT molecular complexity index is 507. The summed E-state index contributed by atoms with van der Waals surface area (Å²) in [6.07, 6.45) is 7.79. The average molecular weight is 432 g/mol. The molecule has 1 amide bonds. The van der Waals surface area contributed by atoms with Crippen molar-refractivity contribution in [1.29, 1.82) is 0 Å². The summed E-state index contributed by atoms with van der Waals surface area (Å²) in [7, 11) is 1.88. The molecule has 6 heteroatoms. The molecule has 23 heavy (non-hydrogen) atoms. The minimum atomic E-state index is 0. The number of aromatic amines is 1. The van der Waals surface area contributed by atoms with Gasteiger partial charge in [0, 0.05) is 32.3 Å². The van der Waals surface area contributed by atoms with Crippen LogP contribution in [0.3, 0.4) is 0 Å². The number of nitrogens with zero attached hydrogens (tertiary/aromatic N) is 3. The Morgan fingerprint density at radius 1 is 1.35 bits per heavy atom. The van der Waals surface area contributed by atoms with Crippen LogP contribution in [0.5, 0.6) is 0 Å². The van der Waals surface area contributed by atoms with Crippen molar-refractivity contribution in [1.82, 2.24) is 19.8 Å². The Balaban J connectivity index is 0.00000192. The molecule has 3 rings (SSSR count). The fourth-order valence-electron chi connectivity index (χ4n) is 3.64. The van der Waals surface area contributed by atoms with Gasteiger partial charge in [0.2, 0.25) is 5.91 Å². The van der Waals surface area contributed by atoms with Crippen LogP contribution in [-0.4, -0.2) is 52.4 Å². The smallest absolute Gasteiger partial charge is 0.223 e. The fourth-order valence-corrected chi connectivity index (χ4v) is 3.64. The number of H-pyrrole nitrogens is 1. The van der Waals surface area contributed by atoms with Crippen molar-refractivity contribution in [3.8, 4) is 0 Å². The van der Waals surface area contributed by atoms with Crippen molar-refractivity contribution in [3.05, 3.63) is 17.2 Å². The van der Waals surface area contributed by atoms with Crippen molar-refractivity contribution in [3.63, 3.8) is 0 Å². The number of fused-ring (bicyclic) bond motifs is 1. The van der Waals surface area contributed by atoms with Gasteiger partial charge in [0.1, 0.15) is 5.82 Å². The van der Waals surface area contributed by atoms with Gasteiger partial charge in [0.15, 0.2) is 0 Å². The molecular formula is C17H29IN4O. The van der Waals surface area contributed by atoms with E-state index in [4.69, 9.17) is 4.98 Å². The number of rotatable bonds is 5. The highest BCUT2D eigenvalue weighted by Crippen LogP contribution is 2.32. The van der Waals surface area contributed by atoms with Crippen LogP contribution in [0.4, 0.5) is 0 Å². The molecule has 1 atom stereocenters. The first-order valence-electron chi connectivity index (χ1n) is 8.74. The predicted molar refractivity (Wildman–Crippen MR) is 102 cm³/mol. The maximum absolute atomic E-state index is 12.0. The molecule has 1 aliphatic carbocycles. The molecule has 1 aliphatic heterocycles. The molecule has 1 N–H and O–H groups in total. The fraction of sp³-hybridized carbons (Fsp3) is 0.765. The monoisotopic (exact) mass is 432 g/mol. The maximum atomic E-state index is 12.0. The second kappa shape index (κ2) is 8.46. The quantitative estimate of drug-likeness (QED) is 0.729. The standard InChI is InChI=1S/C17H28N4O.HI/c1-3-20(2)16(22)10-12-21-11-6-9-15(21)17-18-13-7-4-5-8-14(13)19-17;/h15H,3-12H2,1-2H3,(H,18,19);1H. The lowest BCUT2D eigenvalue weighted by Gasteiger charge is -2.23. The van der Waals surface area contributed by atoms with Crippen molar-refractivity contribution in [2.75, 3.05) is 26.7 Å². The third-order valence-electron chi connectivity index (χ3n) is 5.17. The highest BCUT2D eigenvalue weighted by Gasteiger charge is 2.30. The average Bonchev–Trinajstić information content (AvgIpc) is 3.17. The minimum Gasteiger partial charge on any atom is -0.346 e. The molecule has 1 aromatic rings. The predicted octanol–water partition coefficient (Wildman–Crippen LogP) is 2.91. The summed E-state index contributed by atoms with van der Waals surface area (Å²) < 4.78 is 0. The van der Waals surface area contributed by atoms with Crippen molar-refractivity contribution in [2.45, 2.75) is 57.9 Å². The Kier molecular flexibility index (Phi) is 6.88. The minimum absolute atomic E-state index is 0. The van der Waals surface area contributed by atoms with Gasteiger partial charge in [-0.1, -0.05) is 0 Å². The zero-order valence-electron chi connectivity index (χ0n) is 14.3. The van der Waals surface area contributed by atoms with Gasteiger partial charge >= 0.3 is 0 Å². The summed E-state index contributed by atoms with van der Waals surface area (Å²) in [4.78, 5) is 24.7. The van der Waals surface area contributed by atoms with Crippen LogP contribution in [-0.2, 0) is 17.6 Å². The highest BCUT2D eigenvalue weighted by atomic mass is 127. The van der Waals surface area contributed by atoms with E-state index in [0.717, 1.165) is 44.7 Å². The van der Waals surface area contributed by atoms with Gasteiger partial charge in [-0.15, -0.1) is 24.0 Å². The number of halogens is 1. The Morgan fingerprint density at radius 2 is 2.13 bits per heavy atom. The van der Waals surface area contributed by atoms with Crippen molar-refractivity contribution < 1.29 is 4.79 Å². The number of amides is 1. The zero-order chi connectivity index (χ0) is 15.5. The van der Waals surface area contributed by atoms with Gasteiger partial charge in [0.25, 0.3) is 0 Å². The topological polar surface area (TPSA) is 52.2 Å². The van der Waals surface area contributed by atoms with Crippen LogP contribution in [0.25, 0.3) is 0 Å². The highest BCUT2D eigenvalue weighted by molar-refractivity contribution is 14.0. The number of aromatic nitrogens is 2. The number of imidazole rings is 1. The Hall–Kier alpha value is -0.630. The number of aryl methyl sites for hydroxylation is 2. The third kappa shape index (κ3) is 4.26. The molecule has 0 aromatic carbocycles. The lowest BCUT2D eigenvalue weighted by Crippen LogP contribution is -2.32. The normalized spacial score (nSPS) is 20.9. The van der Waals surface area contributed by atoms with E-state index in [9.17, 15) is 4.79 Å². The number of nitrogens with one attached hydrogen (secondary N) is 1. The van der Waals surface area contributed by atoms with Gasteiger partial charge in [-0.25, -0.2) is 4.98 Å². The van der Waals surface area contributed by atoms with E-state index in [1.165, 1.54) is 30.7 Å². The summed E-state index contributed by atoms with van der Waals surface area (Å²) in [5.41, 5.74) is 2.64. The number of hydrogen-bond acceptors (Lipinski definition) is 3. The Morgan fingerprint density at radius 3 is 2.87 bits per heavy atom. The molecule has 0 bridgehead atoms. The van der Waals surface area contributed by atoms with Crippen LogP contribution in [0.15, 0.2) is 0 Å². The van der Waals surface area contributed by atoms with Gasteiger partial charge in [-0.2, -0.15) is 0 Å². The molecule has 1 fully saturated rings. The van der Waals surface area contributed by atoms with E-state index >= 15 is 0 Å². The van der Waals surface area contributed by atoms with E-state index in [1.54, 1.807) is 4.90 Å². The maximum Gasteiger partial charge on any atom is 0.223 e. The van der Waals surface area contributed by atoms with Gasteiger partial charge < -0.3 is 9.88 Å². The van der Waals surface area contributed by atoms with Crippen LogP contribution in [0, 0.1) is 0 Å². The SMILES string of the molecule is CCN(C)C(=O)CCN1CCCC1c1nc2c([nH]1)CCCC2.I. The zero-order valence-corrected chi connectivity index (χ0v) is 16.6. The number of likely N-dealkylation sites (tertiary alicyclic amines) is 1. The van der Waals surface area contributed by atoms with E-state index < -0.39 is 0 Å². The summed E-state index contributed by atoms with van der Waals surface area (Å²) in [5.74, 6) is 1.38. The molecule has 1 saturated heterocycles. The molecule has 130 valence electrons. The summed E-state index contributed by atoms with van der Waals surface area (Å²) in [6, 6.07) is 0.380. The molecule has 1 aromatic heterocycles. The van der Waals surface area contributed by atoms with Crippen LogP contribution < -0.4 is 0 Å². The van der Waals surface area contributed by atoms with E-state index in [-0.39, 0.29) is 29.9 Å². The first kappa shape index (κ1) is 18.7. The lowest BCUT2D eigenvalue weighted by molar-refractivity contribution is -0.130. The number of carbonyl (C=O) groups excluding carboxylic acids is 1. The first-order valence-corrected chi connectivity index (χ1v) is 8.74. The number of carbonyl (C=O) groups is 1. The largest absolute Gasteiger partial charge is 0.346 e. The summed E-state index contributed by atoms with van der Waals surface area (Å²) in [5, 5.41) is 0. The second-order valence-electron chi connectivity index (χ2n) is 6.61. The first-order chi connectivity index (χ1) is 10.7. The molecule has 2 heterocycles. The molecule has 1 unspecified atom stereocenters. The molecule has 2 aliphatic rings. The molecular weight excluding hydrogens is 403 g/mol.